The van der Waals surface area contributed by atoms with Gasteiger partial charge in [0.1, 0.15) is 50.1 Å². The van der Waals surface area contributed by atoms with E-state index in [2.05, 4.69) is 0 Å². The highest BCUT2D eigenvalue weighted by Crippen LogP contribution is 2.38. The Hall–Kier alpha value is -3.10. The van der Waals surface area contributed by atoms with E-state index in [0.29, 0.717) is 28.9 Å². The van der Waals surface area contributed by atoms with Crippen LogP contribution in [0.4, 0.5) is 22.0 Å². The summed E-state index contributed by atoms with van der Waals surface area (Å²) in [4.78, 5) is 10.8. The first kappa shape index (κ1) is 21.6. The Kier molecular flexibility index (Phi) is 6.59. The zero-order valence-corrected chi connectivity index (χ0v) is 15.5. The van der Waals surface area contributed by atoms with Gasteiger partial charge in [-0.3, -0.25) is 4.79 Å². The van der Waals surface area contributed by atoms with Crippen molar-refractivity contribution in [2.24, 2.45) is 0 Å². The van der Waals surface area contributed by atoms with Crippen LogP contribution in [0.1, 0.15) is 16.7 Å². The Morgan fingerprint density at radius 1 is 1.10 bits per heavy atom. The molecule has 9 heteroatoms. The smallest absolute Gasteiger partial charge is 0.419 e. The largest absolute Gasteiger partial charge is 0.489 e. The van der Waals surface area contributed by atoms with E-state index in [-0.39, 0.29) is 18.8 Å². The second kappa shape index (κ2) is 9.15. The second-order valence-electron chi connectivity index (χ2n) is 6.49. The van der Waals surface area contributed by atoms with Gasteiger partial charge in [-0.2, -0.15) is 13.2 Å². The number of aldehydes is 1. The summed E-state index contributed by atoms with van der Waals surface area (Å²) in [7, 11) is 0. The molecule has 0 saturated heterocycles. The number of benzene rings is 2. The van der Waals surface area contributed by atoms with Crippen LogP contribution in [-0.2, 0) is 17.6 Å². The van der Waals surface area contributed by atoms with Crippen molar-refractivity contribution < 1.29 is 41.0 Å². The molecule has 0 spiro atoms. The van der Waals surface area contributed by atoms with E-state index in [1.54, 1.807) is 24.3 Å². The summed E-state index contributed by atoms with van der Waals surface area (Å²) in [6.45, 7) is -2.56. The Labute approximate surface area is 168 Å². The maximum atomic E-state index is 13.3. The van der Waals surface area contributed by atoms with E-state index in [0.717, 1.165) is 12.1 Å². The van der Waals surface area contributed by atoms with Gasteiger partial charge in [0, 0.05) is 17.2 Å². The fourth-order valence-corrected chi connectivity index (χ4v) is 2.76. The molecule has 0 unspecified atom stereocenters. The minimum absolute atomic E-state index is 0.120. The third kappa shape index (κ3) is 5.08. The molecule has 2 aromatic carbocycles. The highest BCUT2D eigenvalue weighted by molar-refractivity contribution is 5.84. The first-order valence-electron chi connectivity index (χ1n) is 8.88. The van der Waals surface area contributed by atoms with Crippen LogP contribution in [0.3, 0.4) is 0 Å². The summed E-state index contributed by atoms with van der Waals surface area (Å²) in [6, 6.07) is 7.99. The molecule has 30 heavy (non-hydrogen) atoms. The van der Waals surface area contributed by atoms with E-state index < -0.39 is 36.9 Å². The average Bonchev–Trinajstić information content (AvgIpc) is 2.75. The molecule has 0 N–H and O–H groups in total. The highest BCUT2D eigenvalue weighted by atomic mass is 19.4. The summed E-state index contributed by atoms with van der Waals surface area (Å²) in [6.07, 6.45) is -4.00. The average molecular weight is 428 g/mol. The molecule has 3 rings (SSSR count). The molecule has 160 valence electrons. The van der Waals surface area contributed by atoms with Crippen LogP contribution in [0.15, 0.2) is 42.0 Å². The van der Waals surface area contributed by atoms with E-state index in [9.17, 15) is 26.7 Å². The van der Waals surface area contributed by atoms with Crippen molar-refractivity contribution in [2.45, 2.75) is 18.9 Å². The molecule has 0 atom stereocenters. The van der Waals surface area contributed by atoms with Crippen molar-refractivity contribution >= 4 is 12.4 Å². The first-order valence-corrected chi connectivity index (χ1v) is 8.88. The Morgan fingerprint density at radius 3 is 2.53 bits per heavy atom. The van der Waals surface area contributed by atoms with Gasteiger partial charge in [0.05, 0.1) is 5.56 Å². The predicted molar refractivity (Wildman–Crippen MR) is 98.1 cm³/mol. The molecule has 0 fully saturated rings. The van der Waals surface area contributed by atoms with E-state index in [1.807, 2.05) is 0 Å². The van der Waals surface area contributed by atoms with Gasteiger partial charge in [-0.1, -0.05) is 6.07 Å². The van der Waals surface area contributed by atoms with E-state index >= 15 is 0 Å². The summed E-state index contributed by atoms with van der Waals surface area (Å²) in [5.41, 5.74) is 0.219. The summed E-state index contributed by atoms with van der Waals surface area (Å²) in [5.74, 6) is 0.202. The second-order valence-corrected chi connectivity index (χ2v) is 6.49. The lowest BCUT2D eigenvalue weighted by Crippen LogP contribution is -2.23. The number of halogens is 5. The third-order valence-corrected chi connectivity index (χ3v) is 4.26. The molecule has 4 nitrogen and oxygen atoms in total. The predicted octanol–water partition coefficient (Wildman–Crippen LogP) is 4.95. The number of alkyl halides is 5. The lowest BCUT2D eigenvalue weighted by atomic mass is 10.1. The maximum Gasteiger partial charge on any atom is 0.419 e. The number of carbonyl (C=O) groups is 1. The fourth-order valence-electron chi connectivity index (χ4n) is 2.76. The Morgan fingerprint density at radius 2 is 1.87 bits per heavy atom. The fraction of sp³-hybridized carbons (Fsp3) is 0.286. The van der Waals surface area contributed by atoms with Crippen LogP contribution in [0.2, 0.25) is 0 Å². The molecule has 2 aromatic rings. The van der Waals surface area contributed by atoms with Crippen LogP contribution in [-0.4, -0.2) is 32.3 Å². The number of carbonyl (C=O) groups excluding carboxylic acids is 1. The molecule has 0 saturated carbocycles. The summed E-state index contributed by atoms with van der Waals surface area (Å²) in [5, 5.41) is 0. The van der Waals surface area contributed by atoms with Crippen molar-refractivity contribution in [1.82, 2.24) is 0 Å². The molecular formula is C21H17F5O4. The van der Waals surface area contributed by atoms with Crippen molar-refractivity contribution in [1.29, 1.82) is 0 Å². The monoisotopic (exact) mass is 428 g/mol. The SMILES string of the molecule is O=CC1=Cc2ccc(OCc3ccc(OC(CF)CF)c(C(F)(F)F)c3)cc2OC1. The van der Waals surface area contributed by atoms with Crippen LogP contribution in [0, 0.1) is 0 Å². The zero-order valence-electron chi connectivity index (χ0n) is 15.5. The molecule has 0 radical (unpaired) electrons. The lowest BCUT2D eigenvalue weighted by molar-refractivity contribution is -0.139. The lowest BCUT2D eigenvalue weighted by Gasteiger charge is -2.19. The van der Waals surface area contributed by atoms with Gasteiger partial charge < -0.3 is 14.2 Å². The topological polar surface area (TPSA) is 44.8 Å². The normalized spacial score (nSPS) is 13.3. The van der Waals surface area contributed by atoms with Gasteiger partial charge >= 0.3 is 6.18 Å². The van der Waals surface area contributed by atoms with Gasteiger partial charge in [-0.15, -0.1) is 0 Å². The van der Waals surface area contributed by atoms with Gasteiger partial charge in [0.25, 0.3) is 0 Å². The van der Waals surface area contributed by atoms with Crippen molar-refractivity contribution in [3.8, 4) is 17.2 Å². The van der Waals surface area contributed by atoms with E-state index in [4.69, 9.17) is 14.2 Å². The van der Waals surface area contributed by atoms with Crippen molar-refractivity contribution in [3.05, 3.63) is 58.7 Å². The molecular weight excluding hydrogens is 411 g/mol. The molecule has 0 amide bonds. The van der Waals surface area contributed by atoms with Crippen LogP contribution < -0.4 is 14.2 Å². The molecule has 0 aromatic heterocycles. The summed E-state index contributed by atoms with van der Waals surface area (Å²) >= 11 is 0. The maximum absolute atomic E-state index is 13.3. The number of fused-ring (bicyclic) bond motifs is 1. The van der Waals surface area contributed by atoms with Crippen LogP contribution in [0.5, 0.6) is 17.2 Å². The summed E-state index contributed by atoms with van der Waals surface area (Å²) < 4.78 is 81.1. The molecule has 1 aliphatic heterocycles. The van der Waals surface area contributed by atoms with Gasteiger partial charge in [0.2, 0.25) is 0 Å². The standard InChI is InChI=1S/C21H17F5O4/c22-8-17(9-23)30-19-4-1-13(6-18(19)21(24,25)26)11-28-16-3-2-15-5-14(10-27)12-29-20(15)7-16/h1-7,10,17H,8-9,11-12H2. The first-order chi connectivity index (χ1) is 14.3. The molecule has 0 bridgehead atoms. The Bertz CT molecular complexity index is 935. The number of ether oxygens (including phenoxy) is 3. The molecule has 1 aliphatic rings. The number of hydrogen-bond donors (Lipinski definition) is 0. The van der Waals surface area contributed by atoms with Gasteiger partial charge in [-0.25, -0.2) is 8.78 Å². The van der Waals surface area contributed by atoms with E-state index in [1.165, 1.54) is 6.07 Å². The van der Waals surface area contributed by atoms with Crippen molar-refractivity contribution in [3.63, 3.8) is 0 Å². The quantitative estimate of drug-likeness (QED) is 0.441. The van der Waals surface area contributed by atoms with Gasteiger partial charge in [0.15, 0.2) is 6.10 Å². The van der Waals surface area contributed by atoms with Crippen molar-refractivity contribution in [2.75, 3.05) is 20.0 Å². The molecule has 1 heterocycles. The molecule has 0 aliphatic carbocycles. The van der Waals surface area contributed by atoms with Crippen LogP contribution in [0.25, 0.3) is 6.08 Å². The minimum atomic E-state index is -4.77. The Balaban J connectivity index is 1.76. The highest BCUT2D eigenvalue weighted by Gasteiger charge is 2.35. The number of rotatable bonds is 8. The zero-order chi connectivity index (χ0) is 21.7. The van der Waals surface area contributed by atoms with Gasteiger partial charge in [-0.05, 0) is 35.9 Å². The minimum Gasteiger partial charge on any atom is -0.489 e. The van der Waals surface area contributed by atoms with Crippen LogP contribution >= 0.6 is 0 Å². The number of hydrogen-bond acceptors (Lipinski definition) is 4. The third-order valence-electron chi connectivity index (χ3n) is 4.26.